The van der Waals surface area contributed by atoms with Gasteiger partial charge in [-0.3, -0.25) is 0 Å². The first-order valence-corrected chi connectivity index (χ1v) is 7.55. The molecule has 0 saturated carbocycles. The number of hydrogen-bond donors (Lipinski definition) is 2. The van der Waals surface area contributed by atoms with E-state index >= 15 is 0 Å². The molecule has 2 N–H and O–H groups in total. The van der Waals surface area contributed by atoms with E-state index in [0.717, 1.165) is 5.75 Å². The van der Waals surface area contributed by atoms with Gasteiger partial charge in [0.05, 0.1) is 11.6 Å². The fourth-order valence-electron chi connectivity index (χ4n) is 1.88. The summed E-state index contributed by atoms with van der Waals surface area (Å²) in [6.07, 6.45) is 0.662. The minimum absolute atomic E-state index is 0.263. The molecule has 2 atom stereocenters. The zero-order valence-corrected chi connectivity index (χ0v) is 11.5. The van der Waals surface area contributed by atoms with Gasteiger partial charge in [-0.25, -0.2) is 0 Å². The molecule has 0 bridgehead atoms. The van der Waals surface area contributed by atoms with Gasteiger partial charge in [-0.05, 0) is 36.4 Å². The Labute approximate surface area is 117 Å². The molecule has 1 fully saturated rings. The van der Waals surface area contributed by atoms with Crippen molar-refractivity contribution in [3.8, 4) is 11.8 Å². The van der Waals surface area contributed by atoms with Crippen molar-refractivity contribution in [2.24, 2.45) is 0 Å². The quantitative estimate of drug-likeness (QED) is 0.823. The van der Waals surface area contributed by atoms with Gasteiger partial charge in [0.1, 0.15) is 18.5 Å². The van der Waals surface area contributed by atoms with Crippen LogP contribution in [-0.4, -0.2) is 41.9 Å². The molecule has 1 heterocycles. The van der Waals surface area contributed by atoms with Crippen LogP contribution in [0, 0.1) is 11.3 Å². The van der Waals surface area contributed by atoms with Crippen LogP contribution in [0.4, 0.5) is 0 Å². The van der Waals surface area contributed by atoms with Gasteiger partial charge >= 0.3 is 0 Å². The van der Waals surface area contributed by atoms with Crippen molar-refractivity contribution in [3.63, 3.8) is 0 Å². The second kappa shape index (κ2) is 7.39. The maximum absolute atomic E-state index is 9.82. The molecule has 5 heteroatoms. The Morgan fingerprint density at radius 3 is 2.89 bits per heavy atom. The molecule has 0 amide bonds. The highest BCUT2D eigenvalue weighted by Gasteiger charge is 2.16. The van der Waals surface area contributed by atoms with Gasteiger partial charge in [-0.1, -0.05) is 0 Å². The number of rotatable bonds is 6. The van der Waals surface area contributed by atoms with Crippen LogP contribution >= 0.6 is 11.8 Å². The van der Waals surface area contributed by atoms with Crippen molar-refractivity contribution < 1.29 is 9.84 Å². The molecule has 1 aliphatic rings. The zero-order valence-electron chi connectivity index (χ0n) is 10.7. The summed E-state index contributed by atoms with van der Waals surface area (Å²) in [6, 6.07) is 9.47. The van der Waals surface area contributed by atoms with Crippen LogP contribution in [0.1, 0.15) is 12.0 Å². The number of ether oxygens (including phenoxy) is 1. The van der Waals surface area contributed by atoms with Crippen LogP contribution in [0.3, 0.4) is 0 Å². The molecular weight excluding hydrogens is 260 g/mol. The van der Waals surface area contributed by atoms with Gasteiger partial charge in [0, 0.05) is 18.3 Å². The van der Waals surface area contributed by atoms with Gasteiger partial charge in [0.15, 0.2) is 0 Å². The fraction of sp³-hybridized carbons (Fsp3) is 0.500. The van der Waals surface area contributed by atoms with Gasteiger partial charge in [0.25, 0.3) is 0 Å². The highest BCUT2D eigenvalue weighted by atomic mass is 32.2. The second-order valence-electron chi connectivity index (χ2n) is 4.57. The Bertz CT molecular complexity index is 424. The Balaban J connectivity index is 1.67. The average Bonchev–Trinajstić information content (AvgIpc) is 2.96. The molecule has 1 aliphatic heterocycles. The Morgan fingerprint density at radius 1 is 1.47 bits per heavy atom. The number of benzene rings is 1. The van der Waals surface area contributed by atoms with E-state index in [4.69, 9.17) is 10.00 Å². The Morgan fingerprint density at radius 2 is 2.26 bits per heavy atom. The summed E-state index contributed by atoms with van der Waals surface area (Å²) in [5.41, 5.74) is 0.605. The lowest BCUT2D eigenvalue weighted by Crippen LogP contribution is -2.37. The predicted molar refractivity (Wildman–Crippen MR) is 76.4 cm³/mol. The maximum Gasteiger partial charge on any atom is 0.119 e. The number of nitrogens with zero attached hydrogens (tertiary/aromatic N) is 1. The molecule has 1 saturated heterocycles. The van der Waals surface area contributed by atoms with E-state index in [9.17, 15) is 5.11 Å². The lowest BCUT2D eigenvalue weighted by Gasteiger charge is -2.16. The third-order valence-electron chi connectivity index (χ3n) is 3.00. The minimum Gasteiger partial charge on any atom is -0.491 e. The molecule has 1 aromatic rings. The average molecular weight is 278 g/mol. The molecule has 0 radical (unpaired) electrons. The highest BCUT2D eigenvalue weighted by Crippen LogP contribution is 2.17. The standard InChI is InChI=1S/C14H18N2O2S/c15-7-11-1-3-14(4-2-11)18-9-13(17)8-16-12-5-6-19-10-12/h1-4,12-13,16-17H,5-6,8-10H2. The number of nitrogens with one attached hydrogen (secondary N) is 1. The van der Waals surface area contributed by atoms with Crippen LogP contribution in [0.25, 0.3) is 0 Å². The summed E-state index contributed by atoms with van der Waals surface area (Å²) in [4.78, 5) is 0. The molecule has 102 valence electrons. The first kappa shape index (κ1) is 14.2. The number of aliphatic hydroxyl groups is 1. The summed E-state index contributed by atoms with van der Waals surface area (Å²) in [7, 11) is 0. The van der Waals surface area contributed by atoms with Crippen molar-refractivity contribution >= 4 is 11.8 Å². The first-order chi connectivity index (χ1) is 9.28. The van der Waals surface area contributed by atoms with E-state index in [2.05, 4.69) is 11.4 Å². The molecular formula is C14H18N2O2S. The van der Waals surface area contributed by atoms with Crippen molar-refractivity contribution in [3.05, 3.63) is 29.8 Å². The third-order valence-corrected chi connectivity index (χ3v) is 4.16. The first-order valence-electron chi connectivity index (χ1n) is 6.40. The number of aliphatic hydroxyl groups excluding tert-OH is 1. The summed E-state index contributed by atoms with van der Waals surface area (Å²) >= 11 is 1.95. The molecule has 1 aromatic carbocycles. The third kappa shape index (κ3) is 4.75. The fourth-order valence-corrected chi connectivity index (χ4v) is 3.06. The Hall–Kier alpha value is -1.22. The lowest BCUT2D eigenvalue weighted by molar-refractivity contribution is 0.104. The van der Waals surface area contributed by atoms with Crippen molar-refractivity contribution in [1.82, 2.24) is 5.32 Å². The topological polar surface area (TPSA) is 65.3 Å². The number of hydrogen-bond acceptors (Lipinski definition) is 5. The Kier molecular flexibility index (Phi) is 5.52. The van der Waals surface area contributed by atoms with Gasteiger partial charge in [0.2, 0.25) is 0 Å². The van der Waals surface area contributed by atoms with E-state index in [1.807, 2.05) is 11.8 Å². The summed E-state index contributed by atoms with van der Waals surface area (Å²) in [5, 5.41) is 21.8. The number of thioether (sulfide) groups is 1. The molecule has 2 unspecified atom stereocenters. The number of nitriles is 1. The molecule has 0 spiro atoms. The van der Waals surface area contributed by atoms with Gasteiger partial charge < -0.3 is 15.2 Å². The smallest absolute Gasteiger partial charge is 0.119 e. The molecule has 0 aromatic heterocycles. The summed E-state index contributed by atoms with van der Waals surface area (Å²) < 4.78 is 5.48. The van der Waals surface area contributed by atoms with Crippen LogP contribution in [-0.2, 0) is 0 Å². The molecule has 4 nitrogen and oxygen atoms in total. The van der Waals surface area contributed by atoms with Crippen molar-refractivity contribution in [2.75, 3.05) is 24.7 Å². The molecule has 0 aliphatic carbocycles. The summed E-state index contributed by atoms with van der Waals surface area (Å²) in [6.45, 7) is 0.820. The monoisotopic (exact) mass is 278 g/mol. The van der Waals surface area contributed by atoms with Crippen LogP contribution < -0.4 is 10.1 Å². The van der Waals surface area contributed by atoms with Crippen LogP contribution in [0.15, 0.2) is 24.3 Å². The van der Waals surface area contributed by atoms with Crippen molar-refractivity contribution in [2.45, 2.75) is 18.6 Å². The van der Waals surface area contributed by atoms with Crippen molar-refractivity contribution in [1.29, 1.82) is 5.26 Å². The minimum atomic E-state index is -0.513. The van der Waals surface area contributed by atoms with E-state index in [1.165, 1.54) is 12.2 Å². The van der Waals surface area contributed by atoms with E-state index in [-0.39, 0.29) is 6.61 Å². The van der Waals surface area contributed by atoms with Crippen LogP contribution in [0.5, 0.6) is 5.75 Å². The van der Waals surface area contributed by atoms with E-state index in [0.29, 0.717) is 23.9 Å². The van der Waals surface area contributed by atoms with Gasteiger partial charge in [-0.15, -0.1) is 0 Å². The normalized spacial score (nSPS) is 19.9. The second-order valence-corrected chi connectivity index (χ2v) is 5.72. The maximum atomic E-state index is 9.82. The van der Waals surface area contributed by atoms with E-state index in [1.54, 1.807) is 24.3 Å². The largest absolute Gasteiger partial charge is 0.491 e. The molecule has 19 heavy (non-hydrogen) atoms. The summed E-state index contributed by atoms with van der Waals surface area (Å²) in [5.74, 6) is 3.01. The lowest BCUT2D eigenvalue weighted by atomic mass is 10.2. The van der Waals surface area contributed by atoms with E-state index < -0.39 is 6.10 Å². The zero-order chi connectivity index (χ0) is 13.5. The highest BCUT2D eigenvalue weighted by molar-refractivity contribution is 7.99. The SMILES string of the molecule is N#Cc1ccc(OCC(O)CNC2CCSC2)cc1. The molecule has 2 rings (SSSR count). The van der Waals surface area contributed by atoms with Crippen LogP contribution in [0.2, 0.25) is 0 Å². The van der Waals surface area contributed by atoms with Gasteiger partial charge in [-0.2, -0.15) is 17.0 Å². The predicted octanol–water partition coefficient (Wildman–Crippen LogP) is 1.39.